The van der Waals surface area contributed by atoms with E-state index in [1.807, 2.05) is 45.0 Å². The van der Waals surface area contributed by atoms with Crippen LogP contribution in [0.4, 0.5) is 11.4 Å². The molecule has 10 nitrogen and oxygen atoms in total. The van der Waals surface area contributed by atoms with Crippen molar-refractivity contribution in [1.82, 2.24) is 10.2 Å². The Balaban J connectivity index is 2.04. The number of benzene rings is 3. The molecule has 2 atom stereocenters. The minimum Gasteiger partial charge on any atom is -0.352 e. The molecule has 0 heterocycles. The molecule has 3 aromatic carbocycles. The van der Waals surface area contributed by atoms with Crippen molar-refractivity contribution in [3.05, 3.63) is 100 Å². The molecule has 0 saturated carbocycles. The number of carbonyl (C=O) groups excluding carboxylic acids is 2. The molecule has 0 aromatic heterocycles. The number of amides is 2. The number of rotatable bonds is 12. The van der Waals surface area contributed by atoms with Crippen LogP contribution in [-0.4, -0.2) is 48.7 Å². The van der Waals surface area contributed by atoms with Gasteiger partial charge in [-0.25, -0.2) is 8.42 Å². The van der Waals surface area contributed by atoms with Gasteiger partial charge in [-0.1, -0.05) is 49.4 Å². The van der Waals surface area contributed by atoms with Gasteiger partial charge in [0.05, 0.1) is 15.5 Å². The summed E-state index contributed by atoms with van der Waals surface area (Å²) in [4.78, 5) is 38.9. The van der Waals surface area contributed by atoms with Crippen LogP contribution in [0.2, 0.25) is 0 Å². The largest absolute Gasteiger partial charge is 0.352 e. The molecule has 0 bridgehead atoms. The quantitative estimate of drug-likeness (QED) is 0.255. The van der Waals surface area contributed by atoms with Gasteiger partial charge in [0, 0.05) is 24.7 Å². The van der Waals surface area contributed by atoms with Crippen molar-refractivity contribution in [1.29, 1.82) is 0 Å². The van der Waals surface area contributed by atoms with E-state index in [4.69, 9.17) is 0 Å². The first-order valence-electron chi connectivity index (χ1n) is 12.9. The molecule has 0 saturated heterocycles. The van der Waals surface area contributed by atoms with E-state index in [1.54, 1.807) is 25.1 Å². The van der Waals surface area contributed by atoms with Gasteiger partial charge in [0.25, 0.3) is 15.7 Å². The highest BCUT2D eigenvalue weighted by molar-refractivity contribution is 7.92. The van der Waals surface area contributed by atoms with Gasteiger partial charge < -0.3 is 10.2 Å². The van der Waals surface area contributed by atoms with Crippen LogP contribution in [0, 0.1) is 17.0 Å². The minimum atomic E-state index is -4.25. The second-order valence-corrected chi connectivity index (χ2v) is 11.4. The van der Waals surface area contributed by atoms with Gasteiger partial charge in [0.1, 0.15) is 12.6 Å². The van der Waals surface area contributed by atoms with E-state index in [1.165, 1.54) is 41.3 Å². The van der Waals surface area contributed by atoms with E-state index in [9.17, 15) is 28.1 Å². The Labute approximate surface area is 234 Å². The molecule has 0 radical (unpaired) electrons. The Morgan fingerprint density at radius 1 is 0.950 bits per heavy atom. The molecule has 0 fully saturated rings. The van der Waals surface area contributed by atoms with E-state index in [2.05, 4.69) is 5.32 Å². The lowest BCUT2D eigenvalue weighted by molar-refractivity contribution is -0.384. The van der Waals surface area contributed by atoms with Crippen LogP contribution >= 0.6 is 0 Å². The highest BCUT2D eigenvalue weighted by Crippen LogP contribution is 2.26. The van der Waals surface area contributed by atoms with Crippen LogP contribution in [0.15, 0.2) is 83.8 Å². The SMILES string of the molecule is CC[C@@H](C)NC(=O)[C@@H](C)N(Cc1ccccc1C)C(=O)CN(c1ccc([N+](=O)[O-])cc1)S(=O)(=O)c1ccccc1. The molecule has 0 unspecified atom stereocenters. The first-order chi connectivity index (χ1) is 18.9. The number of hydrogen-bond acceptors (Lipinski definition) is 6. The molecular weight excluding hydrogens is 532 g/mol. The van der Waals surface area contributed by atoms with Gasteiger partial charge in [0.15, 0.2) is 0 Å². The number of nitrogens with one attached hydrogen (secondary N) is 1. The predicted molar refractivity (Wildman–Crippen MR) is 153 cm³/mol. The van der Waals surface area contributed by atoms with Crippen molar-refractivity contribution in [3.63, 3.8) is 0 Å². The highest BCUT2D eigenvalue weighted by Gasteiger charge is 2.33. The number of nitro groups is 1. The van der Waals surface area contributed by atoms with Crippen molar-refractivity contribution in [2.75, 3.05) is 10.8 Å². The van der Waals surface area contributed by atoms with E-state index in [0.717, 1.165) is 15.4 Å². The molecule has 0 spiro atoms. The highest BCUT2D eigenvalue weighted by atomic mass is 32.2. The molecule has 0 aliphatic heterocycles. The fraction of sp³-hybridized carbons (Fsp3) is 0.310. The van der Waals surface area contributed by atoms with Gasteiger partial charge in [0.2, 0.25) is 11.8 Å². The number of anilines is 1. The lowest BCUT2D eigenvalue weighted by Crippen LogP contribution is -2.52. The summed E-state index contributed by atoms with van der Waals surface area (Å²) in [6, 6.07) is 19.0. The van der Waals surface area contributed by atoms with Crippen LogP contribution in [0.1, 0.15) is 38.3 Å². The Kier molecular flexibility index (Phi) is 10.0. The molecule has 3 aromatic rings. The third kappa shape index (κ3) is 7.23. The fourth-order valence-corrected chi connectivity index (χ4v) is 5.44. The summed E-state index contributed by atoms with van der Waals surface area (Å²) in [7, 11) is -4.25. The zero-order chi connectivity index (χ0) is 29.4. The maximum atomic E-state index is 13.9. The summed E-state index contributed by atoms with van der Waals surface area (Å²) < 4.78 is 28.4. The number of nitro benzene ring substituents is 1. The van der Waals surface area contributed by atoms with Crippen LogP contribution in [-0.2, 0) is 26.2 Å². The van der Waals surface area contributed by atoms with Gasteiger partial charge >= 0.3 is 0 Å². The number of aryl methyl sites for hydroxylation is 1. The van der Waals surface area contributed by atoms with Crippen LogP contribution in [0.25, 0.3) is 0 Å². The van der Waals surface area contributed by atoms with Gasteiger partial charge in [-0.2, -0.15) is 0 Å². The standard InChI is InChI=1S/C29H34N4O6S/c1-5-22(3)30-29(35)23(4)31(19-24-12-10-9-11-21(24)2)28(34)20-32(25-15-17-26(18-16-25)33(36)37)40(38,39)27-13-7-6-8-14-27/h6-18,22-23H,5,19-20H2,1-4H3,(H,30,35)/t22-,23-/m1/s1. The first-order valence-corrected chi connectivity index (χ1v) is 14.4. The van der Waals surface area contributed by atoms with E-state index in [-0.39, 0.29) is 34.8 Å². The smallest absolute Gasteiger partial charge is 0.269 e. The maximum Gasteiger partial charge on any atom is 0.269 e. The molecule has 0 aliphatic rings. The minimum absolute atomic E-state index is 0.0471. The molecule has 2 amide bonds. The average molecular weight is 567 g/mol. The summed E-state index contributed by atoms with van der Waals surface area (Å²) in [6.07, 6.45) is 0.702. The summed E-state index contributed by atoms with van der Waals surface area (Å²) in [6.45, 7) is 6.76. The van der Waals surface area contributed by atoms with Gasteiger partial charge in [-0.05, 0) is 62.6 Å². The normalized spacial score (nSPS) is 12.7. The molecule has 1 N–H and O–H groups in total. The molecule has 11 heteroatoms. The van der Waals surface area contributed by atoms with Crippen molar-refractivity contribution in [2.45, 2.75) is 57.6 Å². The summed E-state index contributed by atoms with van der Waals surface area (Å²) in [5, 5.41) is 14.1. The lowest BCUT2D eigenvalue weighted by Gasteiger charge is -2.32. The lowest BCUT2D eigenvalue weighted by atomic mass is 10.1. The average Bonchev–Trinajstić information content (AvgIpc) is 2.95. The topological polar surface area (TPSA) is 130 Å². The monoisotopic (exact) mass is 566 g/mol. The van der Waals surface area contributed by atoms with Gasteiger partial charge in [-0.3, -0.25) is 24.0 Å². The fourth-order valence-electron chi connectivity index (χ4n) is 4.01. The van der Waals surface area contributed by atoms with Crippen LogP contribution < -0.4 is 9.62 Å². The predicted octanol–water partition coefficient (Wildman–Crippen LogP) is 4.43. The molecule has 3 rings (SSSR count). The summed E-state index contributed by atoms with van der Waals surface area (Å²) >= 11 is 0. The Hall–Kier alpha value is -4.25. The van der Waals surface area contributed by atoms with E-state index >= 15 is 0 Å². The number of sulfonamides is 1. The third-order valence-corrected chi connectivity index (χ3v) is 8.52. The Morgan fingerprint density at radius 2 is 1.55 bits per heavy atom. The number of hydrogen-bond donors (Lipinski definition) is 1. The summed E-state index contributed by atoms with van der Waals surface area (Å²) in [5.41, 5.74) is 1.59. The van der Waals surface area contributed by atoms with Crippen molar-refractivity contribution >= 4 is 33.2 Å². The Morgan fingerprint density at radius 3 is 2.12 bits per heavy atom. The van der Waals surface area contributed by atoms with Crippen molar-refractivity contribution in [3.8, 4) is 0 Å². The molecule has 0 aliphatic carbocycles. The summed E-state index contributed by atoms with van der Waals surface area (Å²) in [5.74, 6) is -0.961. The maximum absolute atomic E-state index is 13.9. The number of non-ortho nitro benzene ring substituents is 1. The van der Waals surface area contributed by atoms with Crippen molar-refractivity contribution < 1.29 is 22.9 Å². The van der Waals surface area contributed by atoms with Crippen molar-refractivity contribution in [2.24, 2.45) is 0 Å². The third-order valence-electron chi connectivity index (χ3n) is 6.73. The zero-order valence-electron chi connectivity index (χ0n) is 23.0. The van der Waals surface area contributed by atoms with E-state index < -0.39 is 33.4 Å². The van der Waals surface area contributed by atoms with Gasteiger partial charge in [-0.15, -0.1) is 0 Å². The number of carbonyl (C=O) groups is 2. The molecule has 212 valence electrons. The van der Waals surface area contributed by atoms with Crippen LogP contribution in [0.3, 0.4) is 0 Å². The van der Waals surface area contributed by atoms with Crippen LogP contribution in [0.5, 0.6) is 0 Å². The zero-order valence-corrected chi connectivity index (χ0v) is 23.8. The second kappa shape index (κ2) is 13.2. The van der Waals surface area contributed by atoms with E-state index in [0.29, 0.717) is 6.42 Å². The Bertz CT molecular complexity index is 1440. The molecular formula is C29H34N4O6S. The first kappa shape index (κ1) is 30.3. The molecule has 40 heavy (non-hydrogen) atoms. The second-order valence-electron chi connectivity index (χ2n) is 9.54. The number of nitrogens with zero attached hydrogens (tertiary/aromatic N) is 3.